The van der Waals surface area contributed by atoms with Crippen LogP contribution in [0.1, 0.15) is 21.7 Å². The molecular weight excluding hydrogens is 304 g/mol. The molecule has 24 heavy (non-hydrogen) atoms. The second-order valence-corrected chi connectivity index (χ2v) is 4.88. The molecule has 2 aromatic carbocycles. The van der Waals surface area contributed by atoms with E-state index in [0.29, 0.717) is 29.1 Å². The fraction of sp³-hybridized carbons (Fsp3) is 0. The SMILES string of the molecule is N#Cc1ccc(Oc2ccc(-c3ccc(C=O)o3)cc2)cc1C#N. The molecule has 0 spiro atoms. The molecule has 0 N–H and O–H groups in total. The van der Waals surface area contributed by atoms with Crippen LogP contribution in [-0.4, -0.2) is 6.29 Å². The molecule has 0 saturated heterocycles. The predicted molar refractivity (Wildman–Crippen MR) is 85.5 cm³/mol. The van der Waals surface area contributed by atoms with Gasteiger partial charge in [-0.3, -0.25) is 4.79 Å². The molecule has 5 nitrogen and oxygen atoms in total. The molecule has 0 aliphatic rings. The number of carbonyl (C=O) groups excluding carboxylic acids is 1. The lowest BCUT2D eigenvalue weighted by Crippen LogP contribution is -1.88. The van der Waals surface area contributed by atoms with Gasteiger partial charge in [-0.2, -0.15) is 10.5 Å². The van der Waals surface area contributed by atoms with Gasteiger partial charge in [0.2, 0.25) is 0 Å². The zero-order chi connectivity index (χ0) is 16.9. The predicted octanol–water partition coefficient (Wildman–Crippen LogP) is 4.29. The Labute approximate surface area is 137 Å². The lowest BCUT2D eigenvalue weighted by molar-refractivity contribution is 0.110. The van der Waals surface area contributed by atoms with E-state index in [4.69, 9.17) is 19.7 Å². The third-order valence-electron chi connectivity index (χ3n) is 3.35. The summed E-state index contributed by atoms with van der Waals surface area (Å²) in [6, 6.07) is 19.1. The van der Waals surface area contributed by atoms with Crippen molar-refractivity contribution < 1.29 is 13.9 Å². The molecule has 114 valence electrons. The number of rotatable bonds is 4. The Bertz CT molecular complexity index is 973. The monoisotopic (exact) mass is 314 g/mol. The summed E-state index contributed by atoms with van der Waals surface area (Å²) >= 11 is 0. The van der Waals surface area contributed by atoms with E-state index in [1.807, 2.05) is 12.1 Å². The zero-order valence-electron chi connectivity index (χ0n) is 12.4. The van der Waals surface area contributed by atoms with Crippen LogP contribution in [0, 0.1) is 22.7 Å². The van der Waals surface area contributed by atoms with Crippen LogP contribution in [0.25, 0.3) is 11.3 Å². The average Bonchev–Trinajstić information content (AvgIpc) is 3.11. The number of carbonyl (C=O) groups is 1. The lowest BCUT2D eigenvalue weighted by Gasteiger charge is -2.07. The fourth-order valence-corrected chi connectivity index (χ4v) is 2.17. The first-order valence-electron chi connectivity index (χ1n) is 7.01. The van der Waals surface area contributed by atoms with Gasteiger partial charge in [0.25, 0.3) is 0 Å². The summed E-state index contributed by atoms with van der Waals surface area (Å²) in [5, 5.41) is 17.9. The first-order chi connectivity index (χ1) is 11.7. The summed E-state index contributed by atoms with van der Waals surface area (Å²) in [6.07, 6.45) is 0.651. The van der Waals surface area contributed by atoms with Crippen LogP contribution < -0.4 is 4.74 Å². The number of hydrogen-bond donors (Lipinski definition) is 0. The highest BCUT2D eigenvalue weighted by atomic mass is 16.5. The number of nitriles is 2. The molecule has 1 heterocycles. The Morgan fingerprint density at radius 2 is 1.58 bits per heavy atom. The molecule has 0 saturated carbocycles. The van der Waals surface area contributed by atoms with Gasteiger partial charge in [-0.15, -0.1) is 0 Å². The van der Waals surface area contributed by atoms with Gasteiger partial charge >= 0.3 is 0 Å². The van der Waals surface area contributed by atoms with E-state index in [0.717, 1.165) is 5.56 Å². The van der Waals surface area contributed by atoms with E-state index in [2.05, 4.69) is 0 Å². The number of nitrogens with zero attached hydrogens (tertiary/aromatic N) is 2. The minimum Gasteiger partial charge on any atom is -0.457 e. The second kappa shape index (κ2) is 6.51. The van der Waals surface area contributed by atoms with Crippen molar-refractivity contribution in [1.82, 2.24) is 0 Å². The molecule has 1 aromatic heterocycles. The van der Waals surface area contributed by atoms with Gasteiger partial charge < -0.3 is 9.15 Å². The number of ether oxygens (including phenoxy) is 1. The van der Waals surface area contributed by atoms with Crippen molar-refractivity contribution in [2.45, 2.75) is 0 Å². The number of hydrogen-bond acceptors (Lipinski definition) is 5. The van der Waals surface area contributed by atoms with Crippen LogP contribution in [0.5, 0.6) is 11.5 Å². The highest BCUT2D eigenvalue weighted by molar-refractivity contribution is 5.72. The van der Waals surface area contributed by atoms with Crippen molar-refractivity contribution in [2.75, 3.05) is 0 Å². The summed E-state index contributed by atoms with van der Waals surface area (Å²) in [5.74, 6) is 1.91. The highest BCUT2D eigenvalue weighted by Crippen LogP contribution is 2.27. The molecule has 3 rings (SSSR count). The first kappa shape index (κ1) is 15.1. The molecule has 3 aromatic rings. The summed E-state index contributed by atoms with van der Waals surface area (Å²) < 4.78 is 11.0. The third kappa shape index (κ3) is 3.01. The lowest BCUT2D eigenvalue weighted by atomic mass is 10.1. The quantitative estimate of drug-likeness (QED) is 0.670. The van der Waals surface area contributed by atoms with Crippen molar-refractivity contribution in [1.29, 1.82) is 10.5 Å². The van der Waals surface area contributed by atoms with Crippen molar-refractivity contribution in [3.05, 3.63) is 71.5 Å². The van der Waals surface area contributed by atoms with E-state index in [-0.39, 0.29) is 11.3 Å². The maximum Gasteiger partial charge on any atom is 0.185 e. The standard InChI is InChI=1S/C19H10N2O3/c20-10-14-3-6-17(9-15(14)11-21)23-16-4-1-13(2-5-16)19-8-7-18(12-22)24-19/h1-9,12H. The largest absolute Gasteiger partial charge is 0.457 e. The van der Waals surface area contributed by atoms with Gasteiger partial charge in [-0.25, -0.2) is 0 Å². The van der Waals surface area contributed by atoms with Gasteiger partial charge in [0.05, 0.1) is 11.1 Å². The Morgan fingerprint density at radius 1 is 0.875 bits per heavy atom. The van der Waals surface area contributed by atoms with Crippen LogP contribution in [0.15, 0.2) is 59.0 Å². The van der Waals surface area contributed by atoms with Crippen LogP contribution in [0.4, 0.5) is 0 Å². The Morgan fingerprint density at radius 3 is 2.21 bits per heavy atom. The van der Waals surface area contributed by atoms with Crippen LogP contribution in [0.3, 0.4) is 0 Å². The number of benzene rings is 2. The second-order valence-electron chi connectivity index (χ2n) is 4.88. The van der Waals surface area contributed by atoms with E-state index in [1.54, 1.807) is 48.5 Å². The molecular formula is C19H10N2O3. The van der Waals surface area contributed by atoms with Crippen molar-refractivity contribution >= 4 is 6.29 Å². The molecule has 0 unspecified atom stereocenters. The summed E-state index contributed by atoms with van der Waals surface area (Å²) in [4.78, 5) is 10.6. The third-order valence-corrected chi connectivity index (χ3v) is 3.35. The minimum absolute atomic E-state index is 0.267. The van der Waals surface area contributed by atoms with E-state index in [9.17, 15) is 4.79 Å². The molecule has 0 amide bonds. The summed E-state index contributed by atoms with van der Waals surface area (Å²) in [6.45, 7) is 0. The molecule has 0 bridgehead atoms. The van der Waals surface area contributed by atoms with Gasteiger partial charge in [0.15, 0.2) is 12.0 Å². The molecule has 0 radical (unpaired) electrons. The number of aldehydes is 1. The highest BCUT2D eigenvalue weighted by Gasteiger charge is 2.07. The Hall–Kier alpha value is -3.83. The van der Waals surface area contributed by atoms with Crippen LogP contribution >= 0.6 is 0 Å². The van der Waals surface area contributed by atoms with E-state index < -0.39 is 0 Å². The molecule has 5 heteroatoms. The van der Waals surface area contributed by atoms with Gasteiger partial charge in [-0.1, -0.05) is 0 Å². The van der Waals surface area contributed by atoms with Crippen LogP contribution in [-0.2, 0) is 0 Å². The fourth-order valence-electron chi connectivity index (χ4n) is 2.17. The van der Waals surface area contributed by atoms with Crippen molar-refractivity contribution in [3.8, 4) is 35.0 Å². The van der Waals surface area contributed by atoms with Gasteiger partial charge in [0.1, 0.15) is 29.4 Å². The van der Waals surface area contributed by atoms with E-state index in [1.165, 1.54) is 6.07 Å². The molecule has 0 aliphatic heterocycles. The van der Waals surface area contributed by atoms with Gasteiger partial charge in [0, 0.05) is 5.56 Å². The molecule has 0 fully saturated rings. The minimum atomic E-state index is 0.267. The number of furan rings is 1. The van der Waals surface area contributed by atoms with Crippen molar-refractivity contribution in [2.24, 2.45) is 0 Å². The first-order valence-corrected chi connectivity index (χ1v) is 7.01. The maximum atomic E-state index is 10.6. The molecule has 0 atom stereocenters. The molecule has 0 aliphatic carbocycles. The maximum absolute atomic E-state index is 10.6. The smallest absolute Gasteiger partial charge is 0.185 e. The summed E-state index contributed by atoms with van der Waals surface area (Å²) in [7, 11) is 0. The van der Waals surface area contributed by atoms with Gasteiger partial charge in [-0.05, 0) is 54.6 Å². The Balaban J connectivity index is 1.81. The zero-order valence-corrected chi connectivity index (χ0v) is 12.4. The topological polar surface area (TPSA) is 87.0 Å². The van der Waals surface area contributed by atoms with E-state index >= 15 is 0 Å². The Kier molecular flexibility index (Phi) is 4.09. The average molecular weight is 314 g/mol. The van der Waals surface area contributed by atoms with Crippen molar-refractivity contribution in [3.63, 3.8) is 0 Å². The normalized spacial score (nSPS) is 9.75. The van der Waals surface area contributed by atoms with Crippen LogP contribution in [0.2, 0.25) is 0 Å². The summed E-state index contributed by atoms with van der Waals surface area (Å²) in [5.41, 5.74) is 1.39.